The van der Waals surface area contributed by atoms with Gasteiger partial charge in [-0.3, -0.25) is 9.59 Å². The fourth-order valence-electron chi connectivity index (χ4n) is 3.67. The number of carbonyl (C=O) groups excluding carboxylic acids is 2. The van der Waals surface area contributed by atoms with Gasteiger partial charge in [-0.25, -0.2) is 0 Å². The van der Waals surface area contributed by atoms with E-state index in [2.05, 4.69) is 36.2 Å². The summed E-state index contributed by atoms with van der Waals surface area (Å²) in [5.41, 5.74) is 7.05. The van der Waals surface area contributed by atoms with Crippen molar-refractivity contribution < 1.29 is 14.3 Å². The highest BCUT2D eigenvalue weighted by Gasteiger charge is 2.25. The Bertz CT molecular complexity index is 912. The summed E-state index contributed by atoms with van der Waals surface area (Å²) >= 11 is 0. The lowest BCUT2D eigenvalue weighted by Crippen LogP contribution is -2.52. The highest BCUT2D eigenvalue weighted by Crippen LogP contribution is 2.25. The molecule has 6 nitrogen and oxygen atoms in total. The maximum absolute atomic E-state index is 12.5. The van der Waals surface area contributed by atoms with Gasteiger partial charge in [-0.2, -0.15) is 0 Å². The smallest absolute Gasteiger partial charge is 0.220 e. The molecule has 0 fully saturated rings. The molecule has 0 aliphatic rings. The van der Waals surface area contributed by atoms with Crippen molar-refractivity contribution in [2.45, 2.75) is 66.0 Å². The van der Waals surface area contributed by atoms with Crippen LogP contribution in [0.3, 0.4) is 0 Å². The Morgan fingerprint density at radius 3 is 2.38 bits per heavy atom. The molecule has 2 rings (SSSR count). The number of hydrogen-bond donors (Lipinski definition) is 2. The van der Waals surface area contributed by atoms with Crippen LogP contribution in [0.15, 0.2) is 54.6 Å². The largest absolute Gasteiger partial charge is 0.489 e. The first-order valence-electron chi connectivity index (χ1n) is 12.2. The quantitative estimate of drug-likeness (QED) is 0.413. The second-order valence-corrected chi connectivity index (χ2v) is 10.1. The van der Waals surface area contributed by atoms with E-state index in [1.165, 1.54) is 0 Å². The van der Waals surface area contributed by atoms with Crippen LogP contribution in [0, 0.1) is 11.8 Å². The summed E-state index contributed by atoms with van der Waals surface area (Å²) in [6.07, 6.45) is 1.77. The molecule has 0 bridgehead atoms. The predicted molar refractivity (Wildman–Crippen MR) is 139 cm³/mol. The van der Waals surface area contributed by atoms with Crippen molar-refractivity contribution in [3.63, 3.8) is 0 Å². The molecular weight excluding hydrogens is 426 g/mol. The van der Waals surface area contributed by atoms with E-state index in [0.717, 1.165) is 30.0 Å². The monoisotopic (exact) mass is 467 g/mol. The van der Waals surface area contributed by atoms with E-state index in [0.29, 0.717) is 25.5 Å². The number of primary amides is 1. The predicted octanol–water partition coefficient (Wildman–Crippen LogP) is 4.91. The SMILES string of the molecule is CC(C)CCN(CC(C)(C)NC(=O)CCC(C)C(N)=O)c1cccc(OCc2ccccc2)c1. The zero-order valence-electron chi connectivity index (χ0n) is 21.3. The number of nitrogens with one attached hydrogen (secondary N) is 1. The Kier molecular flexibility index (Phi) is 10.4. The Morgan fingerprint density at radius 1 is 1.03 bits per heavy atom. The number of nitrogens with zero attached hydrogens (tertiary/aromatic N) is 1. The Hall–Kier alpha value is -3.02. The number of rotatable bonds is 14. The molecule has 2 aromatic carbocycles. The first kappa shape index (κ1) is 27.2. The highest BCUT2D eigenvalue weighted by atomic mass is 16.5. The number of nitrogens with two attached hydrogens (primary N) is 1. The third-order valence-electron chi connectivity index (χ3n) is 5.76. The Morgan fingerprint density at radius 2 is 1.74 bits per heavy atom. The normalized spacial score (nSPS) is 12.3. The van der Waals surface area contributed by atoms with Gasteiger partial charge >= 0.3 is 0 Å². The Balaban J connectivity index is 2.07. The Labute approximate surface area is 204 Å². The van der Waals surface area contributed by atoms with Crippen molar-refractivity contribution in [1.29, 1.82) is 0 Å². The van der Waals surface area contributed by atoms with Gasteiger partial charge in [-0.1, -0.05) is 57.2 Å². The standard InChI is InChI=1S/C28H41N3O3/c1-21(2)16-17-31(20-28(4,5)30-26(32)15-14-22(3)27(29)33)24-12-9-13-25(18-24)34-19-23-10-7-6-8-11-23/h6-13,18,21-22H,14-17,19-20H2,1-5H3,(H2,29,33)(H,30,32). The molecule has 0 heterocycles. The van der Waals surface area contributed by atoms with Crippen LogP contribution in [-0.2, 0) is 16.2 Å². The van der Waals surface area contributed by atoms with Crippen molar-refractivity contribution in [3.8, 4) is 5.75 Å². The number of anilines is 1. The molecule has 2 aromatic rings. The van der Waals surface area contributed by atoms with E-state index >= 15 is 0 Å². The van der Waals surface area contributed by atoms with Crippen molar-refractivity contribution in [1.82, 2.24) is 5.32 Å². The molecule has 3 N–H and O–H groups in total. The van der Waals surface area contributed by atoms with Crippen LogP contribution >= 0.6 is 0 Å². The van der Waals surface area contributed by atoms with Gasteiger partial charge in [0, 0.05) is 37.2 Å². The first-order chi connectivity index (χ1) is 16.1. The van der Waals surface area contributed by atoms with Gasteiger partial charge in [0.2, 0.25) is 11.8 Å². The summed E-state index contributed by atoms with van der Waals surface area (Å²) in [4.78, 5) is 26.1. The summed E-state index contributed by atoms with van der Waals surface area (Å²) in [5.74, 6) is 0.629. The zero-order chi connectivity index (χ0) is 25.1. The molecule has 0 saturated carbocycles. The maximum atomic E-state index is 12.5. The molecule has 0 spiro atoms. The van der Waals surface area contributed by atoms with Crippen LogP contribution in [0.4, 0.5) is 5.69 Å². The second-order valence-electron chi connectivity index (χ2n) is 10.1. The number of ether oxygens (including phenoxy) is 1. The summed E-state index contributed by atoms with van der Waals surface area (Å²) < 4.78 is 6.04. The summed E-state index contributed by atoms with van der Waals surface area (Å²) in [6, 6.07) is 18.2. The van der Waals surface area contributed by atoms with Crippen molar-refractivity contribution in [3.05, 3.63) is 60.2 Å². The van der Waals surface area contributed by atoms with Crippen LogP contribution in [0.5, 0.6) is 5.75 Å². The van der Waals surface area contributed by atoms with Gasteiger partial charge in [0.15, 0.2) is 0 Å². The molecule has 2 amide bonds. The third-order valence-corrected chi connectivity index (χ3v) is 5.76. The number of carbonyl (C=O) groups is 2. The molecule has 34 heavy (non-hydrogen) atoms. The summed E-state index contributed by atoms with van der Waals surface area (Å²) in [5, 5.41) is 3.14. The fourth-order valence-corrected chi connectivity index (χ4v) is 3.67. The van der Waals surface area contributed by atoms with Gasteiger partial charge in [0.05, 0.1) is 5.54 Å². The van der Waals surface area contributed by atoms with Crippen LogP contribution in [-0.4, -0.2) is 30.4 Å². The number of benzene rings is 2. The van der Waals surface area contributed by atoms with Crippen LogP contribution in [0.25, 0.3) is 0 Å². The minimum absolute atomic E-state index is 0.0677. The summed E-state index contributed by atoms with van der Waals surface area (Å²) in [6.45, 7) is 12.3. The van der Waals surface area contributed by atoms with Crippen LogP contribution < -0.4 is 20.7 Å². The van der Waals surface area contributed by atoms with Crippen LogP contribution in [0.2, 0.25) is 0 Å². The lowest BCUT2D eigenvalue weighted by atomic mass is 10.0. The van der Waals surface area contributed by atoms with Gasteiger partial charge in [-0.15, -0.1) is 0 Å². The number of amides is 2. The number of hydrogen-bond acceptors (Lipinski definition) is 4. The van der Waals surface area contributed by atoms with E-state index < -0.39 is 5.54 Å². The molecule has 0 aromatic heterocycles. The first-order valence-corrected chi connectivity index (χ1v) is 12.2. The molecule has 0 saturated heterocycles. The fraction of sp³-hybridized carbons (Fsp3) is 0.500. The molecule has 6 heteroatoms. The molecular formula is C28H41N3O3. The average molecular weight is 468 g/mol. The van der Waals surface area contributed by atoms with E-state index in [-0.39, 0.29) is 24.2 Å². The molecule has 186 valence electrons. The van der Waals surface area contributed by atoms with Crippen molar-refractivity contribution >= 4 is 17.5 Å². The molecule has 0 radical (unpaired) electrons. The van der Waals surface area contributed by atoms with Crippen molar-refractivity contribution in [2.24, 2.45) is 17.6 Å². The minimum Gasteiger partial charge on any atom is -0.489 e. The second kappa shape index (κ2) is 13.0. The average Bonchev–Trinajstić information content (AvgIpc) is 2.79. The lowest BCUT2D eigenvalue weighted by molar-refractivity contribution is -0.124. The third kappa shape index (κ3) is 9.86. The minimum atomic E-state index is -0.453. The maximum Gasteiger partial charge on any atom is 0.220 e. The summed E-state index contributed by atoms with van der Waals surface area (Å²) in [7, 11) is 0. The lowest BCUT2D eigenvalue weighted by Gasteiger charge is -2.35. The van der Waals surface area contributed by atoms with Gasteiger partial charge in [0.1, 0.15) is 12.4 Å². The van der Waals surface area contributed by atoms with Gasteiger partial charge in [-0.05, 0) is 50.3 Å². The van der Waals surface area contributed by atoms with E-state index in [1.54, 1.807) is 6.92 Å². The molecule has 0 aliphatic heterocycles. The van der Waals surface area contributed by atoms with Gasteiger partial charge in [0.25, 0.3) is 0 Å². The molecule has 1 unspecified atom stereocenters. The van der Waals surface area contributed by atoms with E-state index in [1.807, 2.05) is 56.3 Å². The van der Waals surface area contributed by atoms with E-state index in [9.17, 15) is 9.59 Å². The molecule has 1 atom stereocenters. The van der Waals surface area contributed by atoms with Crippen LogP contribution in [0.1, 0.15) is 59.4 Å². The molecule has 0 aliphatic carbocycles. The topological polar surface area (TPSA) is 84.7 Å². The van der Waals surface area contributed by atoms with E-state index in [4.69, 9.17) is 10.5 Å². The zero-order valence-corrected chi connectivity index (χ0v) is 21.3. The van der Waals surface area contributed by atoms with Gasteiger partial charge < -0.3 is 20.7 Å². The van der Waals surface area contributed by atoms with Crippen molar-refractivity contribution in [2.75, 3.05) is 18.0 Å². The highest BCUT2D eigenvalue weighted by molar-refractivity contribution is 5.79.